The van der Waals surface area contributed by atoms with Gasteiger partial charge in [0, 0.05) is 12.2 Å². The Kier molecular flexibility index (Phi) is 9.78. The number of nitrogens with one attached hydrogen (secondary N) is 1. The number of anilines is 1. The van der Waals surface area contributed by atoms with Crippen molar-refractivity contribution in [2.24, 2.45) is 0 Å². The van der Waals surface area contributed by atoms with E-state index in [4.69, 9.17) is 9.90 Å². The first-order chi connectivity index (χ1) is 8.83. The number of carbonyl (C=O) groups is 1. The van der Waals surface area contributed by atoms with Crippen LogP contribution in [0.3, 0.4) is 0 Å². The van der Waals surface area contributed by atoms with E-state index in [2.05, 4.69) is 24.4 Å². The van der Waals surface area contributed by atoms with Crippen LogP contribution in [0.15, 0.2) is 60.7 Å². The van der Waals surface area contributed by atoms with Crippen LogP contribution in [0.25, 0.3) is 0 Å². The number of phenolic OH excluding ortho intramolecular Hbond substituents is 1. The van der Waals surface area contributed by atoms with Crippen LogP contribution in [-0.2, 0) is 4.79 Å². The molecule has 0 aromatic heterocycles. The van der Waals surface area contributed by atoms with E-state index in [0.29, 0.717) is 5.75 Å². The summed E-state index contributed by atoms with van der Waals surface area (Å²) in [5.41, 5.74) is 1.19. The van der Waals surface area contributed by atoms with Crippen LogP contribution < -0.4 is 5.32 Å². The summed E-state index contributed by atoms with van der Waals surface area (Å²) in [6.45, 7) is 5.08. The highest BCUT2D eigenvalue weighted by atomic mass is 16.3. The Morgan fingerprint density at radius 1 is 0.944 bits per heavy atom. The molecule has 0 saturated carbocycles. The van der Waals surface area contributed by atoms with Crippen LogP contribution in [-0.4, -0.2) is 18.4 Å². The highest BCUT2D eigenvalue weighted by Gasteiger charge is 1.81. The number of para-hydroxylation sites is 2. The van der Waals surface area contributed by atoms with Gasteiger partial charge in [0.15, 0.2) is 0 Å². The van der Waals surface area contributed by atoms with Gasteiger partial charge < -0.3 is 15.2 Å². The fourth-order valence-electron chi connectivity index (χ4n) is 1.19. The number of carbonyl (C=O) groups excluding carboxylic acids is 1. The van der Waals surface area contributed by atoms with Crippen molar-refractivity contribution in [3.8, 4) is 5.75 Å². The Bertz CT molecular complexity index is 390. The van der Waals surface area contributed by atoms with Gasteiger partial charge in [0.25, 0.3) is 0 Å². The van der Waals surface area contributed by atoms with Crippen LogP contribution in [0, 0.1) is 0 Å². The van der Waals surface area contributed by atoms with Gasteiger partial charge in [-0.3, -0.25) is 0 Å². The predicted octanol–water partition coefficient (Wildman–Crippen LogP) is 3.33. The zero-order chi connectivity index (χ0) is 13.6. The van der Waals surface area contributed by atoms with Crippen molar-refractivity contribution in [3.05, 3.63) is 60.7 Å². The van der Waals surface area contributed by atoms with E-state index in [0.717, 1.165) is 6.54 Å². The molecule has 3 heteroatoms. The number of rotatable bonds is 2. The fraction of sp³-hybridized carbons (Fsp3) is 0.133. The van der Waals surface area contributed by atoms with E-state index in [1.54, 1.807) is 24.3 Å². The first-order valence-electron chi connectivity index (χ1n) is 5.64. The maximum Gasteiger partial charge on any atom is 0.115 e. The summed E-state index contributed by atoms with van der Waals surface area (Å²) in [6, 6.07) is 18.9. The summed E-state index contributed by atoms with van der Waals surface area (Å²) >= 11 is 0. The van der Waals surface area contributed by atoms with Crippen molar-refractivity contribution in [2.45, 2.75) is 6.92 Å². The van der Waals surface area contributed by atoms with Crippen LogP contribution in [0.2, 0.25) is 0 Å². The molecule has 0 amide bonds. The molecule has 3 nitrogen and oxygen atoms in total. The normalized spacial score (nSPS) is 8.06. The van der Waals surface area contributed by atoms with Crippen molar-refractivity contribution >= 4 is 12.5 Å². The quantitative estimate of drug-likeness (QED) is 0.853. The van der Waals surface area contributed by atoms with Gasteiger partial charge in [-0.15, -0.1) is 0 Å². The molecule has 0 unspecified atom stereocenters. The average molecular weight is 245 g/mol. The third-order valence-corrected chi connectivity index (χ3v) is 1.91. The van der Waals surface area contributed by atoms with Gasteiger partial charge in [-0.1, -0.05) is 36.4 Å². The molecule has 0 aliphatic carbocycles. The van der Waals surface area contributed by atoms with E-state index in [-0.39, 0.29) is 0 Å². The van der Waals surface area contributed by atoms with Gasteiger partial charge in [0.05, 0.1) is 0 Å². The molecule has 0 radical (unpaired) electrons. The second kappa shape index (κ2) is 11.2. The molecule has 18 heavy (non-hydrogen) atoms. The van der Waals surface area contributed by atoms with Crippen molar-refractivity contribution in [2.75, 3.05) is 11.9 Å². The Morgan fingerprint density at radius 3 is 1.72 bits per heavy atom. The summed E-state index contributed by atoms with van der Waals surface area (Å²) in [4.78, 5) is 8.00. The summed E-state index contributed by atoms with van der Waals surface area (Å²) in [5, 5.41) is 11.8. The summed E-state index contributed by atoms with van der Waals surface area (Å²) in [5.74, 6) is 0.322. The Balaban J connectivity index is 0.000000289. The largest absolute Gasteiger partial charge is 0.508 e. The Hall–Kier alpha value is -2.29. The SMILES string of the molecule is C=O.CCNc1ccccc1.Oc1ccccc1. The van der Waals surface area contributed by atoms with Crippen LogP contribution in [0.4, 0.5) is 5.69 Å². The first kappa shape index (κ1) is 15.7. The monoisotopic (exact) mass is 245 g/mol. The van der Waals surface area contributed by atoms with E-state index in [1.807, 2.05) is 31.1 Å². The van der Waals surface area contributed by atoms with Gasteiger partial charge in [0.2, 0.25) is 0 Å². The van der Waals surface area contributed by atoms with E-state index in [9.17, 15) is 0 Å². The molecule has 2 aromatic carbocycles. The maximum atomic E-state index is 8.63. The summed E-state index contributed by atoms with van der Waals surface area (Å²) in [6.07, 6.45) is 0. The first-order valence-corrected chi connectivity index (χ1v) is 5.64. The molecule has 0 saturated heterocycles. The molecule has 2 rings (SSSR count). The lowest BCUT2D eigenvalue weighted by Gasteiger charge is -1.99. The Morgan fingerprint density at radius 2 is 1.39 bits per heavy atom. The van der Waals surface area contributed by atoms with Gasteiger partial charge in [0.1, 0.15) is 12.5 Å². The predicted molar refractivity (Wildman–Crippen MR) is 75.8 cm³/mol. The summed E-state index contributed by atoms with van der Waals surface area (Å²) < 4.78 is 0. The van der Waals surface area contributed by atoms with Gasteiger partial charge in [-0.25, -0.2) is 0 Å². The molecular formula is C15H19NO2. The van der Waals surface area contributed by atoms with Crippen LogP contribution in [0.5, 0.6) is 5.75 Å². The molecule has 2 N–H and O–H groups in total. The minimum atomic E-state index is 0.322. The van der Waals surface area contributed by atoms with Crippen molar-refractivity contribution in [3.63, 3.8) is 0 Å². The minimum Gasteiger partial charge on any atom is -0.508 e. The lowest BCUT2D eigenvalue weighted by atomic mass is 10.3. The van der Waals surface area contributed by atoms with E-state index < -0.39 is 0 Å². The lowest BCUT2D eigenvalue weighted by Crippen LogP contribution is -1.94. The second-order valence-corrected chi connectivity index (χ2v) is 3.23. The summed E-state index contributed by atoms with van der Waals surface area (Å²) in [7, 11) is 0. The Labute approximate surface area is 108 Å². The van der Waals surface area contributed by atoms with Crippen molar-refractivity contribution in [1.82, 2.24) is 0 Å². The minimum absolute atomic E-state index is 0.322. The molecular weight excluding hydrogens is 226 g/mol. The van der Waals surface area contributed by atoms with Gasteiger partial charge >= 0.3 is 0 Å². The molecule has 0 fully saturated rings. The maximum absolute atomic E-state index is 8.63. The van der Waals surface area contributed by atoms with Crippen molar-refractivity contribution in [1.29, 1.82) is 0 Å². The standard InChI is InChI=1S/C8H11N.C6H6O.CH2O/c1-2-9-8-6-4-3-5-7-8;7-6-4-2-1-3-5-6;1-2/h3-7,9H,2H2,1H3;1-5,7H;1H2. The highest BCUT2D eigenvalue weighted by Crippen LogP contribution is 2.03. The van der Waals surface area contributed by atoms with Gasteiger partial charge in [-0.05, 0) is 31.2 Å². The second-order valence-electron chi connectivity index (χ2n) is 3.23. The molecule has 0 bridgehead atoms. The smallest absolute Gasteiger partial charge is 0.115 e. The number of aromatic hydroxyl groups is 1. The highest BCUT2D eigenvalue weighted by molar-refractivity contribution is 5.41. The molecule has 0 aliphatic rings. The van der Waals surface area contributed by atoms with E-state index in [1.165, 1.54) is 5.69 Å². The third-order valence-electron chi connectivity index (χ3n) is 1.91. The third kappa shape index (κ3) is 7.93. The number of phenols is 1. The number of benzene rings is 2. The molecule has 2 aromatic rings. The zero-order valence-corrected chi connectivity index (χ0v) is 10.5. The van der Waals surface area contributed by atoms with Crippen molar-refractivity contribution < 1.29 is 9.90 Å². The fourth-order valence-corrected chi connectivity index (χ4v) is 1.19. The number of hydrogen-bond acceptors (Lipinski definition) is 3. The van der Waals surface area contributed by atoms with E-state index >= 15 is 0 Å². The number of hydrogen-bond donors (Lipinski definition) is 2. The molecule has 0 spiro atoms. The van der Waals surface area contributed by atoms with Crippen LogP contribution >= 0.6 is 0 Å². The molecule has 0 atom stereocenters. The molecule has 0 heterocycles. The van der Waals surface area contributed by atoms with Crippen LogP contribution in [0.1, 0.15) is 6.92 Å². The average Bonchev–Trinajstić information content (AvgIpc) is 2.44. The lowest BCUT2D eigenvalue weighted by molar-refractivity contribution is -0.0979. The topological polar surface area (TPSA) is 49.3 Å². The molecule has 0 aliphatic heterocycles. The zero-order valence-electron chi connectivity index (χ0n) is 10.5. The van der Waals surface area contributed by atoms with Gasteiger partial charge in [-0.2, -0.15) is 0 Å². The molecule has 96 valence electrons.